The van der Waals surface area contributed by atoms with Crippen LogP contribution in [0.2, 0.25) is 0 Å². The molecule has 0 unspecified atom stereocenters. The summed E-state index contributed by atoms with van der Waals surface area (Å²) < 4.78 is 0. The third-order valence-corrected chi connectivity index (χ3v) is 3.41. The lowest BCUT2D eigenvalue weighted by molar-refractivity contribution is 0.0979. The predicted molar refractivity (Wildman–Crippen MR) is 82.0 cm³/mol. The van der Waals surface area contributed by atoms with Crippen LogP contribution in [0, 0.1) is 0 Å². The fourth-order valence-corrected chi connectivity index (χ4v) is 2.24. The SMILES string of the molecule is CCCCCC(=O)c1ccc(O)c(-c2ccccc2)c1. The largest absolute Gasteiger partial charge is 0.507 e. The zero-order valence-electron chi connectivity index (χ0n) is 11.8. The van der Waals surface area contributed by atoms with Crippen molar-refractivity contribution in [1.29, 1.82) is 0 Å². The Kier molecular flexibility index (Phi) is 4.94. The Bertz CT molecular complexity index is 573. The quantitative estimate of drug-likeness (QED) is 0.602. The van der Waals surface area contributed by atoms with Crippen LogP contribution in [0.4, 0.5) is 0 Å². The number of carbonyl (C=O) groups excluding carboxylic acids is 1. The van der Waals surface area contributed by atoms with Gasteiger partial charge in [-0.2, -0.15) is 0 Å². The first-order valence-electron chi connectivity index (χ1n) is 7.14. The van der Waals surface area contributed by atoms with Gasteiger partial charge in [-0.3, -0.25) is 4.79 Å². The maximum Gasteiger partial charge on any atom is 0.162 e. The molecule has 2 aromatic rings. The van der Waals surface area contributed by atoms with Crippen LogP contribution in [0.1, 0.15) is 43.0 Å². The zero-order chi connectivity index (χ0) is 14.4. The van der Waals surface area contributed by atoms with Crippen LogP contribution >= 0.6 is 0 Å². The van der Waals surface area contributed by atoms with Crippen molar-refractivity contribution in [3.8, 4) is 16.9 Å². The molecular formula is C18H20O2. The molecule has 0 aliphatic carbocycles. The summed E-state index contributed by atoms with van der Waals surface area (Å²) in [6.07, 6.45) is 3.69. The topological polar surface area (TPSA) is 37.3 Å². The molecule has 0 fully saturated rings. The van der Waals surface area contributed by atoms with Crippen molar-refractivity contribution in [3.63, 3.8) is 0 Å². The van der Waals surface area contributed by atoms with Gasteiger partial charge < -0.3 is 5.11 Å². The van der Waals surface area contributed by atoms with Gasteiger partial charge in [0, 0.05) is 17.5 Å². The highest BCUT2D eigenvalue weighted by Crippen LogP contribution is 2.30. The predicted octanol–water partition coefficient (Wildman–Crippen LogP) is 4.82. The maximum absolute atomic E-state index is 12.1. The molecule has 1 N–H and O–H groups in total. The summed E-state index contributed by atoms with van der Waals surface area (Å²) in [5.41, 5.74) is 2.32. The number of hydrogen-bond acceptors (Lipinski definition) is 2. The van der Waals surface area contributed by atoms with Crippen molar-refractivity contribution in [2.75, 3.05) is 0 Å². The van der Waals surface area contributed by atoms with E-state index in [2.05, 4.69) is 6.92 Å². The average Bonchev–Trinajstić information content (AvgIpc) is 2.49. The number of unbranched alkanes of at least 4 members (excludes halogenated alkanes) is 2. The lowest BCUT2D eigenvalue weighted by Crippen LogP contribution is -1.99. The minimum Gasteiger partial charge on any atom is -0.507 e. The number of phenolic OH excluding ortho intramolecular Hbond substituents is 1. The van der Waals surface area contributed by atoms with Crippen molar-refractivity contribution in [2.45, 2.75) is 32.6 Å². The Morgan fingerprint density at radius 2 is 1.80 bits per heavy atom. The summed E-state index contributed by atoms with van der Waals surface area (Å²) in [7, 11) is 0. The number of rotatable bonds is 6. The Morgan fingerprint density at radius 1 is 1.05 bits per heavy atom. The summed E-state index contributed by atoms with van der Waals surface area (Å²) in [6, 6.07) is 14.7. The molecule has 2 nitrogen and oxygen atoms in total. The number of Topliss-reactive ketones (excluding diaryl/α,β-unsaturated/α-hetero) is 1. The van der Waals surface area contributed by atoms with E-state index in [1.165, 1.54) is 0 Å². The van der Waals surface area contributed by atoms with Gasteiger partial charge in [0.25, 0.3) is 0 Å². The molecule has 0 aliphatic rings. The van der Waals surface area contributed by atoms with Gasteiger partial charge in [0.15, 0.2) is 5.78 Å². The van der Waals surface area contributed by atoms with Gasteiger partial charge >= 0.3 is 0 Å². The molecule has 2 rings (SSSR count). The van der Waals surface area contributed by atoms with Crippen LogP contribution in [-0.4, -0.2) is 10.9 Å². The third-order valence-electron chi connectivity index (χ3n) is 3.41. The van der Waals surface area contributed by atoms with Gasteiger partial charge in [-0.15, -0.1) is 0 Å². The van der Waals surface area contributed by atoms with E-state index in [1.54, 1.807) is 18.2 Å². The standard InChI is InChI=1S/C18H20O2/c1-2-3-5-10-17(19)15-11-12-18(20)16(13-15)14-8-6-4-7-9-14/h4,6-9,11-13,20H,2-3,5,10H2,1H3. The van der Waals surface area contributed by atoms with E-state index < -0.39 is 0 Å². The molecule has 0 atom stereocenters. The lowest BCUT2D eigenvalue weighted by Gasteiger charge is -2.07. The Morgan fingerprint density at radius 3 is 2.50 bits per heavy atom. The monoisotopic (exact) mass is 268 g/mol. The average molecular weight is 268 g/mol. The van der Waals surface area contributed by atoms with Gasteiger partial charge in [-0.25, -0.2) is 0 Å². The number of carbonyl (C=O) groups is 1. The molecule has 0 amide bonds. The van der Waals surface area contributed by atoms with E-state index in [4.69, 9.17) is 0 Å². The molecule has 104 valence electrons. The minimum absolute atomic E-state index is 0.149. The summed E-state index contributed by atoms with van der Waals surface area (Å²) in [4.78, 5) is 12.1. The second-order valence-corrected chi connectivity index (χ2v) is 4.98. The van der Waals surface area contributed by atoms with Crippen LogP contribution in [-0.2, 0) is 0 Å². The number of hydrogen-bond donors (Lipinski definition) is 1. The maximum atomic E-state index is 12.1. The summed E-state index contributed by atoms with van der Waals surface area (Å²) in [5.74, 6) is 0.358. The molecule has 0 bridgehead atoms. The molecule has 0 radical (unpaired) electrons. The fraction of sp³-hybridized carbons (Fsp3) is 0.278. The first kappa shape index (κ1) is 14.3. The van der Waals surface area contributed by atoms with Crippen LogP contribution in [0.5, 0.6) is 5.75 Å². The van der Waals surface area contributed by atoms with Crippen LogP contribution in [0.15, 0.2) is 48.5 Å². The number of ketones is 1. The number of benzene rings is 2. The summed E-state index contributed by atoms with van der Waals surface area (Å²) in [5, 5.41) is 9.97. The van der Waals surface area contributed by atoms with Crippen molar-refractivity contribution in [1.82, 2.24) is 0 Å². The highest BCUT2D eigenvalue weighted by molar-refractivity contribution is 5.97. The van der Waals surface area contributed by atoms with E-state index in [1.807, 2.05) is 30.3 Å². The molecule has 0 saturated carbocycles. The molecule has 0 heterocycles. The van der Waals surface area contributed by atoms with E-state index in [0.717, 1.165) is 24.8 Å². The summed E-state index contributed by atoms with van der Waals surface area (Å²) in [6.45, 7) is 2.12. The second kappa shape index (κ2) is 6.90. The molecule has 0 spiro atoms. The zero-order valence-corrected chi connectivity index (χ0v) is 11.8. The molecule has 0 aliphatic heterocycles. The summed E-state index contributed by atoms with van der Waals surface area (Å²) >= 11 is 0. The highest BCUT2D eigenvalue weighted by Gasteiger charge is 2.10. The van der Waals surface area contributed by atoms with Crippen molar-refractivity contribution in [2.24, 2.45) is 0 Å². The van der Waals surface area contributed by atoms with E-state index in [-0.39, 0.29) is 11.5 Å². The molecule has 0 aromatic heterocycles. The third kappa shape index (κ3) is 3.47. The fourth-order valence-electron chi connectivity index (χ4n) is 2.24. The Hall–Kier alpha value is -2.09. The van der Waals surface area contributed by atoms with Crippen LogP contribution < -0.4 is 0 Å². The molecule has 2 heteroatoms. The van der Waals surface area contributed by atoms with Gasteiger partial charge in [0.2, 0.25) is 0 Å². The molecule has 20 heavy (non-hydrogen) atoms. The molecule has 0 saturated heterocycles. The normalized spacial score (nSPS) is 10.4. The van der Waals surface area contributed by atoms with Crippen molar-refractivity contribution < 1.29 is 9.90 Å². The minimum atomic E-state index is 0.149. The molecular weight excluding hydrogens is 248 g/mol. The first-order valence-corrected chi connectivity index (χ1v) is 7.14. The van der Waals surface area contributed by atoms with E-state index in [9.17, 15) is 9.90 Å². The smallest absolute Gasteiger partial charge is 0.162 e. The Balaban J connectivity index is 2.23. The van der Waals surface area contributed by atoms with Gasteiger partial charge in [0.1, 0.15) is 5.75 Å². The van der Waals surface area contributed by atoms with Gasteiger partial charge in [-0.05, 0) is 30.2 Å². The van der Waals surface area contributed by atoms with Gasteiger partial charge in [0.05, 0.1) is 0 Å². The van der Waals surface area contributed by atoms with E-state index in [0.29, 0.717) is 17.5 Å². The lowest BCUT2D eigenvalue weighted by atomic mass is 9.98. The number of aromatic hydroxyl groups is 1. The highest BCUT2D eigenvalue weighted by atomic mass is 16.3. The van der Waals surface area contributed by atoms with Crippen molar-refractivity contribution in [3.05, 3.63) is 54.1 Å². The molecule has 2 aromatic carbocycles. The van der Waals surface area contributed by atoms with Crippen LogP contribution in [0.25, 0.3) is 11.1 Å². The van der Waals surface area contributed by atoms with Gasteiger partial charge in [-0.1, -0.05) is 50.1 Å². The van der Waals surface area contributed by atoms with Crippen LogP contribution in [0.3, 0.4) is 0 Å². The second-order valence-electron chi connectivity index (χ2n) is 4.98. The van der Waals surface area contributed by atoms with E-state index >= 15 is 0 Å². The van der Waals surface area contributed by atoms with Crippen molar-refractivity contribution >= 4 is 5.78 Å². The Labute approximate surface area is 120 Å². The number of phenols is 1. The first-order chi connectivity index (χ1) is 9.72.